The number of furan rings is 1. The molecule has 0 aliphatic carbocycles. The van der Waals surface area contributed by atoms with Crippen molar-refractivity contribution < 1.29 is 18.7 Å². The van der Waals surface area contributed by atoms with Crippen LogP contribution in [-0.4, -0.2) is 66.2 Å². The number of carbonyl (C=O) groups is 2. The summed E-state index contributed by atoms with van der Waals surface area (Å²) in [7, 11) is 0. The lowest BCUT2D eigenvalue weighted by molar-refractivity contribution is -0.0143. The molecule has 3 fully saturated rings. The fourth-order valence-corrected chi connectivity index (χ4v) is 4.24. The summed E-state index contributed by atoms with van der Waals surface area (Å²) in [5.74, 6) is 0.00820. The molecular weight excluding hydrogens is 310 g/mol. The number of likely N-dealkylation sites (tertiary alicyclic amines) is 1. The van der Waals surface area contributed by atoms with Crippen molar-refractivity contribution in [2.75, 3.05) is 32.8 Å². The summed E-state index contributed by atoms with van der Waals surface area (Å²) in [6, 6.07) is 1.93. The maximum Gasteiger partial charge on any atom is 0.318 e. The van der Waals surface area contributed by atoms with Gasteiger partial charge in [-0.3, -0.25) is 4.79 Å². The number of hydrogen-bond acceptors (Lipinski definition) is 4. The Balaban J connectivity index is 1.43. The molecule has 3 aliphatic rings. The van der Waals surface area contributed by atoms with Gasteiger partial charge < -0.3 is 24.3 Å². The van der Waals surface area contributed by atoms with E-state index in [9.17, 15) is 9.59 Å². The SMILES string of the molecule is O=C(c1ccoc1)N1CCC(N2C(=O)NCC23CCOCC3)CC1. The first-order valence-corrected chi connectivity index (χ1v) is 8.66. The molecular formula is C17H23N3O4. The van der Waals surface area contributed by atoms with Gasteiger partial charge in [0, 0.05) is 38.9 Å². The van der Waals surface area contributed by atoms with Crippen LogP contribution in [0.4, 0.5) is 4.79 Å². The van der Waals surface area contributed by atoms with Gasteiger partial charge in [-0.25, -0.2) is 4.79 Å². The second kappa shape index (κ2) is 6.12. The molecule has 4 heterocycles. The highest BCUT2D eigenvalue weighted by Crippen LogP contribution is 2.35. The van der Waals surface area contributed by atoms with Crippen molar-refractivity contribution in [3.8, 4) is 0 Å². The molecule has 0 atom stereocenters. The van der Waals surface area contributed by atoms with Crippen LogP contribution in [0.3, 0.4) is 0 Å². The van der Waals surface area contributed by atoms with E-state index in [-0.39, 0.29) is 23.5 Å². The molecule has 0 aromatic carbocycles. The summed E-state index contributed by atoms with van der Waals surface area (Å²) in [6.07, 6.45) is 6.42. The average molecular weight is 333 g/mol. The molecule has 0 bridgehead atoms. The van der Waals surface area contributed by atoms with Crippen LogP contribution in [0.5, 0.6) is 0 Å². The first-order chi connectivity index (χ1) is 11.7. The topological polar surface area (TPSA) is 75.0 Å². The van der Waals surface area contributed by atoms with Gasteiger partial charge in [-0.1, -0.05) is 0 Å². The van der Waals surface area contributed by atoms with Crippen LogP contribution in [-0.2, 0) is 4.74 Å². The van der Waals surface area contributed by atoms with E-state index in [0.717, 1.165) is 25.7 Å². The third-order valence-electron chi connectivity index (χ3n) is 5.61. The van der Waals surface area contributed by atoms with Crippen molar-refractivity contribution in [1.82, 2.24) is 15.1 Å². The molecule has 1 aromatic rings. The van der Waals surface area contributed by atoms with E-state index in [0.29, 0.717) is 38.4 Å². The quantitative estimate of drug-likeness (QED) is 0.889. The molecule has 24 heavy (non-hydrogen) atoms. The molecule has 7 heteroatoms. The Kier molecular flexibility index (Phi) is 3.96. The van der Waals surface area contributed by atoms with E-state index in [2.05, 4.69) is 10.2 Å². The first kappa shape index (κ1) is 15.5. The Hall–Kier alpha value is -2.02. The molecule has 0 saturated carbocycles. The molecule has 130 valence electrons. The Morgan fingerprint density at radius 2 is 2.00 bits per heavy atom. The Morgan fingerprint density at radius 1 is 1.25 bits per heavy atom. The lowest BCUT2D eigenvalue weighted by atomic mass is 9.86. The molecule has 7 nitrogen and oxygen atoms in total. The number of nitrogens with zero attached hydrogens (tertiary/aromatic N) is 2. The van der Waals surface area contributed by atoms with Crippen molar-refractivity contribution >= 4 is 11.9 Å². The zero-order valence-corrected chi connectivity index (χ0v) is 13.7. The van der Waals surface area contributed by atoms with Gasteiger partial charge in [-0.05, 0) is 31.7 Å². The molecule has 1 N–H and O–H groups in total. The van der Waals surface area contributed by atoms with Crippen LogP contribution < -0.4 is 5.32 Å². The van der Waals surface area contributed by atoms with Crippen molar-refractivity contribution in [2.45, 2.75) is 37.3 Å². The molecule has 0 radical (unpaired) electrons. The highest BCUT2D eigenvalue weighted by molar-refractivity contribution is 5.93. The normalized spacial score (nSPS) is 24.4. The van der Waals surface area contributed by atoms with Gasteiger partial charge >= 0.3 is 6.03 Å². The third kappa shape index (κ3) is 2.56. The Bertz CT molecular complexity index is 601. The molecule has 0 unspecified atom stereocenters. The summed E-state index contributed by atoms with van der Waals surface area (Å²) < 4.78 is 10.5. The second-order valence-corrected chi connectivity index (χ2v) is 6.90. The van der Waals surface area contributed by atoms with Crippen molar-refractivity contribution in [3.05, 3.63) is 24.2 Å². The zero-order chi connectivity index (χ0) is 16.6. The minimum atomic E-state index is -0.100. The van der Waals surface area contributed by atoms with E-state index in [1.807, 2.05) is 4.90 Å². The highest BCUT2D eigenvalue weighted by atomic mass is 16.5. The van der Waals surface area contributed by atoms with Crippen LogP contribution in [0.15, 0.2) is 23.0 Å². The number of carbonyl (C=O) groups excluding carboxylic acids is 2. The van der Waals surface area contributed by atoms with E-state index < -0.39 is 0 Å². The number of hydrogen-bond donors (Lipinski definition) is 1. The summed E-state index contributed by atoms with van der Waals surface area (Å²) in [5.41, 5.74) is 0.491. The van der Waals surface area contributed by atoms with E-state index >= 15 is 0 Å². The van der Waals surface area contributed by atoms with Crippen molar-refractivity contribution in [2.24, 2.45) is 0 Å². The van der Waals surface area contributed by atoms with Gasteiger partial charge in [0.2, 0.25) is 0 Å². The van der Waals surface area contributed by atoms with Crippen molar-refractivity contribution in [3.63, 3.8) is 0 Å². The van der Waals surface area contributed by atoms with E-state index in [4.69, 9.17) is 9.15 Å². The standard InChI is InChI=1S/C17H23N3O4/c21-15(13-3-8-24-11-13)19-6-1-14(2-7-19)20-16(22)18-12-17(20)4-9-23-10-5-17/h3,8,11,14H,1-2,4-7,9-10,12H2,(H,18,22). The third-order valence-corrected chi connectivity index (χ3v) is 5.61. The molecule has 1 spiro atoms. The molecule has 1 aromatic heterocycles. The monoisotopic (exact) mass is 333 g/mol. The molecule has 3 saturated heterocycles. The summed E-state index contributed by atoms with van der Waals surface area (Å²) in [5, 5.41) is 3.02. The lowest BCUT2D eigenvalue weighted by Gasteiger charge is -2.46. The average Bonchev–Trinajstić information content (AvgIpc) is 3.25. The lowest BCUT2D eigenvalue weighted by Crippen LogP contribution is -2.57. The Labute approximate surface area is 140 Å². The van der Waals surface area contributed by atoms with Gasteiger partial charge in [0.15, 0.2) is 0 Å². The predicted octanol–water partition coefficient (Wildman–Crippen LogP) is 1.46. The maximum absolute atomic E-state index is 12.4. The van der Waals surface area contributed by atoms with Gasteiger partial charge in [-0.2, -0.15) is 0 Å². The van der Waals surface area contributed by atoms with Crippen LogP contribution in [0, 0.1) is 0 Å². The summed E-state index contributed by atoms with van der Waals surface area (Å²) >= 11 is 0. The smallest absolute Gasteiger partial charge is 0.318 e. The highest BCUT2D eigenvalue weighted by Gasteiger charge is 2.49. The first-order valence-electron chi connectivity index (χ1n) is 8.66. The maximum atomic E-state index is 12.4. The predicted molar refractivity (Wildman–Crippen MR) is 85.7 cm³/mol. The van der Waals surface area contributed by atoms with E-state index in [1.54, 1.807) is 6.07 Å². The summed E-state index contributed by atoms with van der Waals surface area (Å²) in [4.78, 5) is 28.8. The number of piperidine rings is 1. The van der Waals surface area contributed by atoms with Crippen LogP contribution in [0.1, 0.15) is 36.0 Å². The minimum absolute atomic E-state index is 0.00820. The van der Waals surface area contributed by atoms with Crippen LogP contribution in [0.2, 0.25) is 0 Å². The number of ether oxygens (including phenoxy) is 1. The van der Waals surface area contributed by atoms with Gasteiger partial charge in [0.1, 0.15) is 6.26 Å². The number of nitrogens with one attached hydrogen (secondary N) is 1. The Morgan fingerprint density at radius 3 is 2.67 bits per heavy atom. The van der Waals surface area contributed by atoms with Gasteiger partial charge in [0.05, 0.1) is 17.4 Å². The fraction of sp³-hybridized carbons (Fsp3) is 0.647. The van der Waals surface area contributed by atoms with Gasteiger partial charge in [0.25, 0.3) is 5.91 Å². The zero-order valence-electron chi connectivity index (χ0n) is 13.7. The van der Waals surface area contributed by atoms with Crippen molar-refractivity contribution in [1.29, 1.82) is 0 Å². The van der Waals surface area contributed by atoms with Gasteiger partial charge in [-0.15, -0.1) is 0 Å². The van der Waals surface area contributed by atoms with Crippen LogP contribution >= 0.6 is 0 Å². The van der Waals surface area contributed by atoms with Crippen LogP contribution in [0.25, 0.3) is 0 Å². The number of rotatable bonds is 2. The molecule has 3 aliphatic heterocycles. The minimum Gasteiger partial charge on any atom is -0.472 e. The fourth-order valence-electron chi connectivity index (χ4n) is 4.24. The number of amides is 3. The largest absolute Gasteiger partial charge is 0.472 e. The summed E-state index contributed by atoms with van der Waals surface area (Å²) in [6.45, 7) is 3.48. The molecule has 4 rings (SSSR count). The second-order valence-electron chi connectivity index (χ2n) is 6.90. The van der Waals surface area contributed by atoms with E-state index in [1.165, 1.54) is 12.5 Å². The number of urea groups is 1. The molecule has 3 amide bonds.